The Kier molecular flexibility index (Phi) is 4.93. The molecule has 4 atom stereocenters. The summed E-state index contributed by atoms with van der Waals surface area (Å²) >= 11 is 0. The molecule has 0 saturated heterocycles. The van der Waals surface area contributed by atoms with Crippen LogP contribution in [0.2, 0.25) is 0 Å². The number of hydrogen-bond acceptors (Lipinski definition) is 1. The van der Waals surface area contributed by atoms with E-state index in [0.717, 1.165) is 23.7 Å². The van der Waals surface area contributed by atoms with Crippen molar-refractivity contribution in [3.8, 4) is 0 Å². The normalized spacial score (nSPS) is 49.1. The summed E-state index contributed by atoms with van der Waals surface area (Å²) in [6, 6.07) is 11.9. The van der Waals surface area contributed by atoms with Gasteiger partial charge in [0.1, 0.15) is 0 Å². The molecule has 1 aromatic rings. The molecular formula is C32H47N. The van der Waals surface area contributed by atoms with Crippen LogP contribution >= 0.6 is 0 Å². The highest BCUT2D eigenvalue weighted by atomic mass is 15.1. The molecule has 1 nitrogen and oxygen atoms in total. The summed E-state index contributed by atoms with van der Waals surface area (Å²) in [4.78, 5) is 0. The van der Waals surface area contributed by atoms with Crippen LogP contribution in [0, 0.1) is 29.1 Å². The topological polar surface area (TPSA) is 12.0 Å². The molecule has 180 valence electrons. The molecular weight excluding hydrogens is 398 g/mol. The van der Waals surface area contributed by atoms with Crippen molar-refractivity contribution in [1.82, 2.24) is 5.32 Å². The van der Waals surface area contributed by atoms with Crippen LogP contribution in [-0.4, -0.2) is 11.1 Å². The minimum atomic E-state index is 0.422. The van der Waals surface area contributed by atoms with E-state index >= 15 is 0 Å². The van der Waals surface area contributed by atoms with Crippen molar-refractivity contribution in [2.24, 2.45) is 29.1 Å². The summed E-state index contributed by atoms with van der Waals surface area (Å²) in [5, 5.41) is 4.69. The minimum absolute atomic E-state index is 0.422. The van der Waals surface area contributed by atoms with Gasteiger partial charge in [0.25, 0.3) is 0 Å². The van der Waals surface area contributed by atoms with Gasteiger partial charge < -0.3 is 5.32 Å². The SMILES string of the molecule is CCCCCCC12CC3CC(NC45CC6CC(CC(C6)C4)C5)(C1)CC(c1ccccc1)(C3)C2. The largest absolute Gasteiger partial charge is 0.306 e. The second kappa shape index (κ2) is 7.59. The highest BCUT2D eigenvalue weighted by Crippen LogP contribution is 2.69. The second-order valence-electron chi connectivity index (χ2n) is 14.6. The lowest BCUT2D eigenvalue weighted by Crippen LogP contribution is -2.72. The van der Waals surface area contributed by atoms with Crippen molar-refractivity contribution in [2.75, 3.05) is 0 Å². The van der Waals surface area contributed by atoms with Gasteiger partial charge in [0, 0.05) is 11.1 Å². The van der Waals surface area contributed by atoms with Gasteiger partial charge in [-0.05, 0) is 124 Å². The van der Waals surface area contributed by atoms with Gasteiger partial charge in [-0.2, -0.15) is 0 Å². The molecule has 1 aromatic carbocycles. The van der Waals surface area contributed by atoms with Crippen LogP contribution in [0.3, 0.4) is 0 Å². The quantitative estimate of drug-likeness (QED) is 0.398. The summed E-state index contributed by atoms with van der Waals surface area (Å²) < 4.78 is 0. The zero-order chi connectivity index (χ0) is 22.2. The Morgan fingerprint density at radius 1 is 0.697 bits per heavy atom. The van der Waals surface area contributed by atoms with Gasteiger partial charge in [0.15, 0.2) is 0 Å². The lowest BCUT2D eigenvalue weighted by atomic mass is 9.39. The summed E-state index contributed by atoms with van der Waals surface area (Å²) in [5.74, 6) is 4.09. The van der Waals surface area contributed by atoms with E-state index in [2.05, 4.69) is 37.3 Å². The van der Waals surface area contributed by atoms with Gasteiger partial charge in [0.2, 0.25) is 0 Å². The Morgan fingerprint density at radius 3 is 2.09 bits per heavy atom. The first-order valence-corrected chi connectivity index (χ1v) is 14.9. The van der Waals surface area contributed by atoms with E-state index in [9.17, 15) is 0 Å². The first kappa shape index (κ1) is 21.5. The summed E-state index contributed by atoms with van der Waals surface area (Å²) in [6.07, 6.45) is 25.3. The van der Waals surface area contributed by atoms with E-state index in [1.807, 2.05) is 0 Å². The van der Waals surface area contributed by atoms with Gasteiger partial charge in [-0.3, -0.25) is 0 Å². The summed E-state index contributed by atoms with van der Waals surface area (Å²) in [6.45, 7) is 2.36. The van der Waals surface area contributed by atoms with Gasteiger partial charge in [0.05, 0.1) is 0 Å². The third kappa shape index (κ3) is 3.57. The minimum Gasteiger partial charge on any atom is -0.306 e. The molecule has 8 bridgehead atoms. The van der Waals surface area contributed by atoms with Crippen molar-refractivity contribution in [1.29, 1.82) is 0 Å². The Bertz CT molecular complexity index is 838. The lowest BCUT2D eigenvalue weighted by Gasteiger charge is -2.70. The van der Waals surface area contributed by atoms with Crippen LogP contribution < -0.4 is 5.32 Å². The van der Waals surface area contributed by atoms with E-state index in [0.29, 0.717) is 21.9 Å². The molecule has 4 unspecified atom stereocenters. The Hall–Kier alpha value is -0.820. The zero-order valence-corrected chi connectivity index (χ0v) is 21.2. The predicted octanol–water partition coefficient (Wildman–Crippen LogP) is 8.18. The number of unbranched alkanes of at least 4 members (excludes halogenated alkanes) is 3. The molecule has 33 heavy (non-hydrogen) atoms. The Labute approximate surface area is 202 Å². The van der Waals surface area contributed by atoms with E-state index in [4.69, 9.17) is 5.32 Å². The monoisotopic (exact) mass is 445 g/mol. The molecule has 0 spiro atoms. The van der Waals surface area contributed by atoms with Crippen molar-refractivity contribution in [3.63, 3.8) is 0 Å². The van der Waals surface area contributed by atoms with Crippen LogP contribution in [0.1, 0.15) is 122 Å². The van der Waals surface area contributed by atoms with E-state index in [1.165, 1.54) is 89.9 Å². The summed E-state index contributed by atoms with van der Waals surface area (Å²) in [5.41, 5.74) is 3.66. The van der Waals surface area contributed by atoms with Crippen LogP contribution in [0.15, 0.2) is 30.3 Å². The van der Waals surface area contributed by atoms with Crippen molar-refractivity contribution in [3.05, 3.63) is 35.9 Å². The second-order valence-corrected chi connectivity index (χ2v) is 14.6. The fraction of sp³-hybridized carbons (Fsp3) is 0.812. The third-order valence-electron chi connectivity index (χ3n) is 11.7. The molecule has 0 aromatic heterocycles. The molecule has 1 N–H and O–H groups in total. The third-order valence-corrected chi connectivity index (χ3v) is 11.7. The first-order chi connectivity index (χ1) is 16.0. The van der Waals surface area contributed by atoms with E-state index in [-0.39, 0.29) is 0 Å². The van der Waals surface area contributed by atoms with Crippen LogP contribution in [-0.2, 0) is 5.41 Å². The van der Waals surface area contributed by atoms with Gasteiger partial charge in [-0.1, -0.05) is 62.9 Å². The maximum absolute atomic E-state index is 4.69. The molecule has 8 saturated carbocycles. The highest BCUT2D eigenvalue weighted by molar-refractivity contribution is 5.33. The number of hydrogen-bond donors (Lipinski definition) is 1. The van der Waals surface area contributed by atoms with Gasteiger partial charge in [-0.15, -0.1) is 0 Å². The molecule has 8 fully saturated rings. The molecule has 8 aliphatic rings. The van der Waals surface area contributed by atoms with Gasteiger partial charge >= 0.3 is 0 Å². The number of nitrogens with one attached hydrogen (secondary N) is 1. The van der Waals surface area contributed by atoms with Crippen molar-refractivity contribution < 1.29 is 0 Å². The highest BCUT2D eigenvalue weighted by Gasteiger charge is 2.65. The first-order valence-electron chi connectivity index (χ1n) is 14.9. The van der Waals surface area contributed by atoms with Crippen LogP contribution in [0.4, 0.5) is 0 Å². The van der Waals surface area contributed by atoms with Crippen molar-refractivity contribution >= 4 is 0 Å². The van der Waals surface area contributed by atoms with Crippen LogP contribution in [0.5, 0.6) is 0 Å². The van der Waals surface area contributed by atoms with Gasteiger partial charge in [-0.25, -0.2) is 0 Å². The smallest absolute Gasteiger partial charge is 0.0203 e. The zero-order valence-electron chi connectivity index (χ0n) is 21.2. The van der Waals surface area contributed by atoms with Crippen molar-refractivity contribution in [2.45, 2.75) is 133 Å². The molecule has 9 rings (SSSR count). The standard InChI is InChI=1S/C32H47N/c1-2-3-4-8-11-29-15-27-16-30(21-29,28-9-6-5-7-10-28)23-32(20-27,22-29)33-31-17-24-12-25(18-31)14-26(13-24)19-31/h5-7,9-10,24-27,33H,2-4,8,11-23H2,1H3. The number of benzene rings is 1. The maximum Gasteiger partial charge on any atom is 0.0203 e. The molecule has 1 heteroatoms. The van der Waals surface area contributed by atoms with Crippen LogP contribution in [0.25, 0.3) is 0 Å². The Balaban J connectivity index is 1.22. The molecule has 8 aliphatic carbocycles. The number of rotatable bonds is 8. The molecule has 0 heterocycles. The summed E-state index contributed by atoms with van der Waals surface area (Å²) in [7, 11) is 0. The Morgan fingerprint density at radius 2 is 1.39 bits per heavy atom. The molecule has 0 amide bonds. The lowest BCUT2D eigenvalue weighted by molar-refractivity contribution is -0.129. The van der Waals surface area contributed by atoms with E-state index in [1.54, 1.807) is 24.8 Å². The average molecular weight is 446 g/mol. The predicted molar refractivity (Wildman–Crippen MR) is 137 cm³/mol. The average Bonchev–Trinajstić information content (AvgIpc) is 2.75. The fourth-order valence-electron chi connectivity index (χ4n) is 11.9. The van der Waals surface area contributed by atoms with E-state index < -0.39 is 0 Å². The molecule has 0 aliphatic heterocycles. The fourth-order valence-corrected chi connectivity index (χ4v) is 11.9. The maximum atomic E-state index is 4.69. The molecule has 0 radical (unpaired) electrons.